The highest BCUT2D eigenvalue weighted by atomic mass is 32.2. The van der Waals surface area contributed by atoms with Gasteiger partial charge >= 0.3 is 11.8 Å². The van der Waals surface area contributed by atoms with E-state index in [1.807, 2.05) is 0 Å². The molecule has 180 valence electrons. The lowest BCUT2D eigenvalue weighted by atomic mass is 10.00. The molecule has 2 aromatic rings. The maximum absolute atomic E-state index is 12.4. The molecule has 1 amide bonds. The Hall–Kier alpha value is -2.30. The van der Waals surface area contributed by atoms with Crippen LogP contribution in [-0.4, -0.2) is 79.6 Å². The van der Waals surface area contributed by atoms with Crippen LogP contribution >= 0.6 is 0 Å². The highest BCUT2D eigenvalue weighted by Gasteiger charge is 2.25. The maximum atomic E-state index is 12.4. The van der Waals surface area contributed by atoms with Gasteiger partial charge in [-0.25, -0.2) is 8.42 Å². The van der Waals surface area contributed by atoms with Crippen molar-refractivity contribution in [3.8, 4) is 0 Å². The Kier molecular flexibility index (Phi) is 8.11. The van der Waals surface area contributed by atoms with Gasteiger partial charge in [0, 0.05) is 12.6 Å². The third-order valence-electron chi connectivity index (χ3n) is 6.48. The first-order valence-electron chi connectivity index (χ1n) is 11.9. The molecule has 0 spiro atoms. The fourth-order valence-electron chi connectivity index (χ4n) is 4.66. The molecule has 2 fully saturated rings. The van der Waals surface area contributed by atoms with Crippen LogP contribution in [-0.2, 0) is 15.6 Å². The highest BCUT2D eigenvalue weighted by Crippen LogP contribution is 2.21. The predicted molar refractivity (Wildman–Crippen MR) is 123 cm³/mol. The zero-order valence-electron chi connectivity index (χ0n) is 19.0. The van der Waals surface area contributed by atoms with E-state index in [0.717, 1.165) is 32.1 Å². The molecule has 1 aromatic heterocycles. The fraction of sp³-hybridized carbons (Fsp3) is 0.609. The van der Waals surface area contributed by atoms with Crippen LogP contribution in [0.15, 0.2) is 39.8 Å². The minimum Gasteiger partial charge on any atom is -0.348 e. The third-order valence-corrected chi connectivity index (χ3v) is 8.11. The van der Waals surface area contributed by atoms with Crippen molar-refractivity contribution in [2.75, 3.05) is 39.3 Å². The molecule has 0 atom stereocenters. The summed E-state index contributed by atoms with van der Waals surface area (Å²) >= 11 is 0. The largest absolute Gasteiger partial charge is 0.348 e. The number of hydrogen-bond donors (Lipinski definition) is 1. The van der Waals surface area contributed by atoms with Crippen LogP contribution < -0.4 is 5.32 Å². The molecule has 2 aliphatic heterocycles. The van der Waals surface area contributed by atoms with Crippen LogP contribution in [0.3, 0.4) is 0 Å². The monoisotopic (exact) mass is 475 g/mol. The number of likely N-dealkylation sites (tertiary alicyclic amines) is 2. The first-order valence-corrected chi connectivity index (χ1v) is 13.5. The number of rotatable bonds is 9. The van der Waals surface area contributed by atoms with Gasteiger partial charge in [0.1, 0.15) is 5.75 Å². The first kappa shape index (κ1) is 23.8. The van der Waals surface area contributed by atoms with E-state index in [0.29, 0.717) is 6.54 Å². The van der Waals surface area contributed by atoms with Gasteiger partial charge in [0.05, 0.1) is 4.90 Å². The van der Waals surface area contributed by atoms with Gasteiger partial charge in [0.2, 0.25) is 0 Å². The zero-order chi connectivity index (χ0) is 23.1. The minimum atomic E-state index is -3.60. The molecule has 0 radical (unpaired) electrons. The third kappa shape index (κ3) is 6.61. The fourth-order valence-corrected chi connectivity index (χ4v) is 5.85. The smallest absolute Gasteiger partial charge is 0.315 e. The van der Waals surface area contributed by atoms with Crippen molar-refractivity contribution in [1.29, 1.82) is 0 Å². The van der Waals surface area contributed by atoms with E-state index in [1.54, 1.807) is 18.2 Å². The molecule has 0 saturated carbocycles. The van der Waals surface area contributed by atoms with Crippen LogP contribution in [0.25, 0.3) is 0 Å². The summed E-state index contributed by atoms with van der Waals surface area (Å²) in [5.41, 5.74) is 0. The summed E-state index contributed by atoms with van der Waals surface area (Å²) in [6, 6.07) is 8.81. The van der Waals surface area contributed by atoms with Crippen molar-refractivity contribution in [1.82, 2.24) is 25.3 Å². The van der Waals surface area contributed by atoms with Gasteiger partial charge < -0.3 is 19.6 Å². The number of sulfone groups is 1. The SMILES string of the molecule is O=C(NCCCN1CCC(N2CCCCC2)CC1)c1nc(CS(=O)(=O)c2ccccc2)no1. The number of amides is 1. The van der Waals surface area contributed by atoms with E-state index >= 15 is 0 Å². The molecule has 0 unspecified atom stereocenters. The van der Waals surface area contributed by atoms with E-state index in [9.17, 15) is 13.2 Å². The maximum Gasteiger partial charge on any atom is 0.315 e. The molecule has 4 rings (SSSR count). The molecular weight excluding hydrogens is 442 g/mol. The number of nitrogens with one attached hydrogen (secondary N) is 1. The summed E-state index contributed by atoms with van der Waals surface area (Å²) in [6.45, 7) is 6.18. The van der Waals surface area contributed by atoms with E-state index in [1.165, 1.54) is 57.3 Å². The van der Waals surface area contributed by atoms with Gasteiger partial charge in [-0.15, -0.1) is 0 Å². The van der Waals surface area contributed by atoms with E-state index in [2.05, 4.69) is 25.3 Å². The molecule has 3 heterocycles. The van der Waals surface area contributed by atoms with Crippen molar-refractivity contribution in [3.05, 3.63) is 42.0 Å². The highest BCUT2D eigenvalue weighted by molar-refractivity contribution is 7.90. The van der Waals surface area contributed by atoms with Crippen LogP contribution in [0.1, 0.15) is 55.0 Å². The molecule has 2 aliphatic rings. The molecular formula is C23H33N5O4S. The Morgan fingerprint density at radius 1 is 1.06 bits per heavy atom. The Bertz CT molecular complexity index is 997. The van der Waals surface area contributed by atoms with Crippen LogP contribution in [0.4, 0.5) is 0 Å². The average molecular weight is 476 g/mol. The summed E-state index contributed by atoms with van der Waals surface area (Å²) in [5, 5.41) is 6.44. The molecule has 0 bridgehead atoms. The second kappa shape index (κ2) is 11.2. The molecule has 10 heteroatoms. The lowest BCUT2D eigenvalue weighted by Crippen LogP contribution is -2.47. The van der Waals surface area contributed by atoms with E-state index in [-0.39, 0.29) is 16.6 Å². The number of benzene rings is 1. The number of aromatic nitrogens is 2. The lowest BCUT2D eigenvalue weighted by Gasteiger charge is -2.40. The second-order valence-corrected chi connectivity index (χ2v) is 10.9. The summed E-state index contributed by atoms with van der Waals surface area (Å²) in [5.74, 6) is -1.13. The summed E-state index contributed by atoms with van der Waals surface area (Å²) in [4.78, 5) is 21.6. The second-order valence-electron chi connectivity index (χ2n) is 8.87. The van der Waals surface area contributed by atoms with Crippen molar-refractivity contribution in [2.45, 2.75) is 55.2 Å². The van der Waals surface area contributed by atoms with Crippen molar-refractivity contribution in [2.24, 2.45) is 0 Å². The molecule has 2 saturated heterocycles. The summed E-state index contributed by atoms with van der Waals surface area (Å²) in [6.07, 6.45) is 7.34. The number of hydrogen-bond acceptors (Lipinski definition) is 8. The predicted octanol–water partition coefficient (Wildman–Crippen LogP) is 2.11. The number of carbonyl (C=O) groups is 1. The van der Waals surface area contributed by atoms with Gasteiger partial charge in [-0.2, -0.15) is 4.98 Å². The Balaban J connectivity index is 1.16. The quantitative estimate of drug-likeness (QED) is 0.550. The van der Waals surface area contributed by atoms with Crippen LogP contribution in [0.2, 0.25) is 0 Å². The molecule has 1 aromatic carbocycles. The first-order chi connectivity index (χ1) is 16.0. The number of nitrogens with zero attached hydrogens (tertiary/aromatic N) is 4. The molecule has 1 N–H and O–H groups in total. The van der Waals surface area contributed by atoms with Gasteiger partial charge in [-0.3, -0.25) is 4.79 Å². The Morgan fingerprint density at radius 2 is 1.79 bits per heavy atom. The lowest BCUT2D eigenvalue weighted by molar-refractivity contribution is 0.0882. The standard InChI is InChI=1S/C23H33N5O4S/c29-22(23-25-21(26-32-23)18-33(30,31)20-8-3-1-4-9-20)24-12-7-13-27-16-10-19(11-17-27)28-14-5-2-6-15-28/h1,3-4,8-9,19H,2,5-7,10-18H2,(H,24,29). The summed E-state index contributed by atoms with van der Waals surface area (Å²) in [7, 11) is -3.60. The van der Waals surface area contributed by atoms with E-state index < -0.39 is 21.5 Å². The summed E-state index contributed by atoms with van der Waals surface area (Å²) < 4.78 is 29.8. The van der Waals surface area contributed by atoms with Crippen molar-refractivity contribution in [3.63, 3.8) is 0 Å². The number of piperidine rings is 2. The van der Waals surface area contributed by atoms with Gasteiger partial charge in [-0.1, -0.05) is 29.8 Å². The molecule has 0 aliphatic carbocycles. The van der Waals surface area contributed by atoms with Crippen LogP contribution in [0.5, 0.6) is 0 Å². The van der Waals surface area contributed by atoms with Crippen LogP contribution in [0, 0.1) is 0 Å². The van der Waals surface area contributed by atoms with E-state index in [4.69, 9.17) is 4.52 Å². The number of carbonyl (C=O) groups excluding carboxylic acids is 1. The van der Waals surface area contributed by atoms with Crippen molar-refractivity contribution >= 4 is 15.7 Å². The normalized spacial score (nSPS) is 18.9. The van der Waals surface area contributed by atoms with Gasteiger partial charge in [0.25, 0.3) is 0 Å². The zero-order valence-corrected chi connectivity index (χ0v) is 19.8. The average Bonchev–Trinajstić information content (AvgIpc) is 3.31. The molecule has 33 heavy (non-hydrogen) atoms. The Labute approximate surface area is 195 Å². The minimum absolute atomic E-state index is 0.0272. The van der Waals surface area contributed by atoms with Gasteiger partial charge in [-0.05, 0) is 77.0 Å². The Morgan fingerprint density at radius 3 is 2.52 bits per heavy atom. The molecule has 9 nitrogen and oxygen atoms in total. The topological polar surface area (TPSA) is 109 Å². The van der Waals surface area contributed by atoms with Crippen molar-refractivity contribution < 1.29 is 17.7 Å². The van der Waals surface area contributed by atoms with Gasteiger partial charge in [0.15, 0.2) is 15.7 Å².